The molecular formula is C34H54N2O5S. The lowest BCUT2D eigenvalue weighted by Gasteiger charge is -2.63. The number of fused-ring (bicyclic) bond motifs is 2. The summed E-state index contributed by atoms with van der Waals surface area (Å²) in [7, 11) is 4.16. The van der Waals surface area contributed by atoms with Gasteiger partial charge >= 0.3 is 5.97 Å². The average Bonchev–Trinajstić information content (AvgIpc) is 3.52. The molecule has 42 heavy (non-hydrogen) atoms. The third-order valence-electron chi connectivity index (χ3n) is 13.8. The number of nitrogens with one attached hydrogen (secondary N) is 1. The topological polar surface area (TPSA) is 92.8 Å². The van der Waals surface area contributed by atoms with Gasteiger partial charge in [0.1, 0.15) is 11.9 Å². The number of thioether (sulfide) groups is 1. The summed E-state index contributed by atoms with van der Waals surface area (Å²) >= 11 is 1.37. The van der Waals surface area contributed by atoms with Crippen LogP contribution < -0.4 is 5.32 Å². The summed E-state index contributed by atoms with van der Waals surface area (Å²) in [4.78, 5) is 54.5. The average molecular weight is 603 g/mol. The monoisotopic (exact) mass is 602 g/mol. The summed E-state index contributed by atoms with van der Waals surface area (Å²) in [5.41, 5.74) is -1.09. The molecule has 0 bridgehead atoms. The fraction of sp³-hybridized carbons (Fsp3) is 0.882. The van der Waals surface area contributed by atoms with Gasteiger partial charge in [0.25, 0.3) is 0 Å². The van der Waals surface area contributed by atoms with E-state index < -0.39 is 0 Å². The molecule has 8 heteroatoms. The van der Waals surface area contributed by atoms with Crippen LogP contribution in [0.5, 0.6) is 0 Å². The van der Waals surface area contributed by atoms with E-state index in [-0.39, 0.29) is 85.9 Å². The van der Waals surface area contributed by atoms with E-state index in [1.165, 1.54) is 18.7 Å². The first-order valence-corrected chi connectivity index (χ1v) is 17.2. The Morgan fingerprint density at radius 3 is 2.24 bits per heavy atom. The number of hydrogen-bond donors (Lipinski definition) is 1. The zero-order valence-corrected chi connectivity index (χ0v) is 28.4. The van der Waals surface area contributed by atoms with E-state index in [4.69, 9.17) is 4.74 Å². The lowest BCUT2D eigenvalue weighted by molar-refractivity contribution is -0.170. The molecule has 2 unspecified atom stereocenters. The molecule has 7 nitrogen and oxygen atoms in total. The number of hydrogen-bond acceptors (Lipinski definition) is 7. The Balaban J connectivity index is 1.54. The Morgan fingerprint density at radius 2 is 1.67 bits per heavy atom. The van der Waals surface area contributed by atoms with Crippen molar-refractivity contribution in [1.82, 2.24) is 10.2 Å². The van der Waals surface area contributed by atoms with Crippen molar-refractivity contribution in [2.75, 3.05) is 19.8 Å². The summed E-state index contributed by atoms with van der Waals surface area (Å²) in [6, 6.07) is 0.160. The van der Waals surface area contributed by atoms with Gasteiger partial charge in [-0.15, -0.1) is 0 Å². The smallest absolute Gasteiger partial charge is 0.302 e. The van der Waals surface area contributed by atoms with Crippen LogP contribution in [-0.4, -0.2) is 65.7 Å². The minimum absolute atomic E-state index is 0.00577. The van der Waals surface area contributed by atoms with Crippen molar-refractivity contribution in [3.05, 3.63) is 0 Å². The van der Waals surface area contributed by atoms with E-state index in [0.29, 0.717) is 18.0 Å². The maximum atomic E-state index is 14.8. The predicted molar refractivity (Wildman–Crippen MR) is 166 cm³/mol. The van der Waals surface area contributed by atoms with E-state index in [1.807, 2.05) is 13.8 Å². The van der Waals surface area contributed by atoms with Crippen LogP contribution in [0, 0.1) is 50.7 Å². The van der Waals surface area contributed by atoms with Gasteiger partial charge in [-0.1, -0.05) is 46.4 Å². The maximum Gasteiger partial charge on any atom is 0.302 e. The largest absolute Gasteiger partial charge is 0.462 e. The van der Waals surface area contributed by atoms with Gasteiger partial charge in [0.15, 0.2) is 5.12 Å². The third-order valence-corrected chi connectivity index (χ3v) is 14.9. The SMILES string of the molecule is CC(=O)O[C@@H]1C[C@@]2(C)[C@@H]3CC[C@@H]4C5(CC[C@H](NC(=O)C(C)C)[C@@]4(C)CSC(C)=O)CC35C(=O)C[C@]2(C)[C@H]1[C@H](C)N(C)C. The van der Waals surface area contributed by atoms with Gasteiger partial charge in [0, 0.05) is 60.8 Å². The van der Waals surface area contributed by atoms with E-state index in [0.717, 1.165) is 38.5 Å². The maximum absolute atomic E-state index is 14.8. The van der Waals surface area contributed by atoms with Crippen LogP contribution in [-0.2, 0) is 23.9 Å². The lowest BCUT2D eigenvalue weighted by atomic mass is 9.41. The molecule has 0 aromatic heterocycles. The van der Waals surface area contributed by atoms with Gasteiger partial charge < -0.3 is 15.0 Å². The molecule has 0 saturated heterocycles. The van der Waals surface area contributed by atoms with Crippen LogP contribution in [0.25, 0.3) is 0 Å². The van der Waals surface area contributed by atoms with Crippen LogP contribution >= 0.6 is 11.8 Å². The first-order chi connectivity index (χ1) is 19.4. The van der Waals surface area contributed by atoms with Crippen molar-refractivity contribution < 1.29 is 23.9 Å². The number of carbonyl (C=O) groups is 4. The van der Waals surface area contributed by atoms with E-state index in [1.54, 1.807) is 6.92 Å². The quantitative estimate of drug-likeness (QED) is 0.385. The molecule has 5 aliphatic carbocycles. The van der Waals surface area contributed by atoms with Crippen LogP contribution in [0.1, 0.15) is 100 Å². The summed E-state index contributed by atoms with van der Waals surface area (Å²) < 4.78 is 6.09. The highest BCUT2D eigenvalue weighted by molar-refractivity contribution is 8.13. The highest BCUT2D eigenvalue weighted by Crippen LogP contribution is 2.88. The molecule has 5 aliphatic rings. The van der Waals surface area contributed by atoms with E-state index in [9.17, 15) is 19.2 Å². The number of Topliss-reactive ketones (excluding diaryl/α,β-unsaturated/α-hetero) is 1. The molecule has 0 aliphatic heterocycles. The molecule has 2 spiro atoms. The highest BCUT2D eigenvalue weighted by Gasteiger charge is 2.86. The zero-order valence-electron chi connectivity index (χ0n) is 27.6. The van der Waals surface area contributed by atoms with Gasteiger partial charge in [-0.2, -0.15) is 0 Å². The Hall–Kier alpha value is -1.41. The van der Waals surface area contributed by atoms with Crippen molar-refractivity contribution >= 4 is 34.5 Å². The summed E-state index contributed by atoms with van der Waals surface area (Å²) in [6.45, 7) is 16.2. The second kappa shape index (κ2) is 10.3. The second-order valence-corrected chi connectivity index (χ2v) is 17.2. The Labute approximate surface area is 257 Å². The lowest BCUT2D eigenvalue weighted by Crippen LogP contribution is -2.64. The molecule has 0 radical (unpaired) electrons. The molecule has 5 rings (SSSR count). The van der Waals surface area contributed by atoms with Crippen molar-refractivity contribution in [2.45, 2.75) is 119 Å². The molecule has 0 aromatic carbocycles. The molecule has 5 fully saturated rings. The van der Waals surface area contributed by atoms with Crippen LogP contribution in [0.3, 0.4) is 0 Å². The Bertz CT molecular complexity index is 1170. The number of amides is 1. The van der Waals surface area contributed by atoms with Crippen LogP contribution in [0.15, 0.2) is 0 Å². The van der Waals surface area contributed by atoms with Crippen molar-refractivity contribution in [1.29, 1.82) is 0 Å². The van der Waals surface area contributed by atoms with Gasteiger partial charge in [-0.3, -0.25) is 19.2 Å². The molecule has 1 N–H and O–H groups in total. The summed E-state index contributed by atoms with van der Waals surface area (Å²) in [5, 5.41) is 3.49. The van der Waals surface area contributed by atoms with Gasteiger partial charge in [0.2, 0.25) is 5.91 Å². The van der Waals surface area contributed by atoms with Crippen molar-refractivity contribution in [3.8, 4) is 0 Å². The molecule has 5 saturated carbocycles. The molecule has 1 amide bonds. The first kappa shape index (κ1) is 32.0. The van der Waals surface area contributed by atoms with Gasteiger partial charge in [-0.05, 0) is 87.6 Å². The van der Waals surface area contributed by atoms with Gasteiger partial charge in [-0.25, -0.2) is 0 Å². The summed E-state index contributed by atoms with van der Waals surface area (Å²) in [6.07, 6.45) is 5.81. The molecule has 0 aromatic rings. The number of rotatable bonds is 7. The van der Waals surface area contributed by atoms with E-state index >= 15 is 0 Å². The molecular weight excluding hydrogens is 548 g/mol. The third kappa shape index (κ3) is 4.23. The zero-order chi connectivity index (χ0) is 31.2. The summed E-state index contributed by atoms with van der Waals surface area (Å²) in [5.74, 6) is 1.41. The standard InChI is InChI=1S/C34H54N2O5S/c1-19(2)29(40)35-26-13-14-33-17-34(33)25(12-11-24(33)30(26,6)18-42-22(5)38)31(7)15-23(41-21(4)37)28(20(3)36(9)10)32(31,8)16-27(34)39/h19-20,23-26,28H,11-18H2,1-10H3,(H,35,40)/t20-,23+,24-,25-,26-,28-,30-,31-,32+,33?,34?/m0/s1. The van der Waals surface area contributed by atoms with Crippen LogP contribution in [0.4, 0.5) is 0 Å². The normalized spacial score (nSPS) is 46.3. The fourth-order valence-electron chi connectivity index (χ4n) is 11.5. The number of ether oxygens (including phenoxy) is 1. The van der Waals surface area contributed by atoms with Crippen molar-refractivity contribution in [3.63, 3.8) is 0 Å². The number of esters is 1. The molecule has 236 valence electrons. The predicted octanol–water partition coefficient (Wildman–Crippen LogP) is 5.50. The van der Waals surface area contributed by atoms with E-state index in [2.05, 4.69) is 52.0 Å². The Morgan fingerprint density at radius 1 is 1.02 bits per heavy atom. The minimum Gasteiger partial charge on any atom is -0.462 e. The molecule has 11 atom stereocenters. The first-order valence-electron chi connectivity index (χ1n) is 16.2. The number of carbonyl (C=O) groups excluding carboxylic acids is 4. The highest BCUT2D eigenvalue weighted by atomic mass is 32.2. The van der Waals surface area contributed by atoms with Crippen LogP contribution in [0.2, 0.25) is 0 Å². The number of nitrogens with zero attached hydrogens (tertiary/aromatic N) is 1. The van der Waals surface area contributed by atoms with Crippen molar-refractivity contribution in [2.24, 2.45) is 50.7 Å². The minimum atomic E-state index is -0.351. The Kier molecular flexibility index (Phi) is 7.86. The second-order valence-electron chi connectivity index (χ2n) is 16.0. The number of ketones is 1. The molecule has 0 heterocycles. The fourth-order valence-corrected chi connectivity index (χ4v) is 12.4. The van der Waals surface area contributed by atoms with Gasteiger partial charge in [0.05, 0.1) is 0 Å².